The van der Waals surface area contributed by atoms with Crippen LogP contribution in [0.4, 0.5) is 10.1 Å². The number of hydrogen-bond donors (Lipinski definition) is 0. The molecule has 0 saturated carbocycles. The molecule has 0 spiro atoms. The summed E-state index contributed by atoms with van der Waals surface area (Å²) in [6.07, 6.45) is 0. The van der Waals surface area contributed by atoms with E-state index in [0.717, 1.165) is 11.3 Å². The highest BCUT2D eigenvalue weighted by molar-refractivity contribution is 6.04. The zero-order chi connectivity index (χ0) is 13.8. The second-order valence-electron chi connectivity index (χ2n) is 4.23. The zero-order valence-corrected chi connectivity index (χ0v) is 10.9. The van der Waals surface area contributed by atoms with Gasteiger partial charge in [-0.3, -0.25) is 4.79 Å². The fourth-order valence-corrected chi connectivity index (χ4v) is 1.83. The van der Waals surface area contributed by atoms with E-state index in [9.17, 15) is 9.18 Å². The Kier molecular flexibility index (Phi) is 3.90. The first-order valence-corrected chi connectivity index (χ1v) is 6.13. The van der Waals surface area contributed by atoms with Gasteiger partial charge in [-0.25, -0.2) is 4.98 Å². The van der Waals surface area contributed by atoms with Crippen molar-refractivity contribution >= 4 is 11.6 Å². The number of rotatable bonds is 3. The molecule has 1 aromatic heterocycles. The van der Waals surface area contributed by atoms with Crippen molar-refractivity contribution in [1.29, 1.82) is 0 Å². The SMILES string of the molecule is CCN(C(=O)c1cccc(F)n1)c1ccc(C)cc1. The molecule has 2 aromatic rings. The van der Waals surface area contributed by atoms with Crippen molar-refractivity contribution in [2.24, 2.45) is 0 Å². The van der Waals surface area contributed by atoms with Crippen molar-refractivity contribution in [2.75, 3.05) is 11.4 Å². The van der Waals surface area contributed by atoms with E-state index >= 15 is 0 Å². The monoisotopic (exact) mass is 258 g/mol. The number of halogens is 1. The molecule has 0 bridgehead atoms. The molecule has 0 N–H and O–H groups in total. The number of amides is 1. The molecule has 98 valence electrons. The minimum atomic E-state index is -0.647. The van der Waals surface area contributed by atoms with E-state index in [1.807, 2.05) is 38.1 Å². The molecule has 0 unspecified atom stereocenters. The lowest BCUT2D eigenvalue weighted by molar-refractivity contribution is 0.0982. The molecule has 0 saturated heterocycles. The number of carbonyl (C=O) groups excluding carboxylic acids is 1. The summed E-state index contributed by atoms with van der Waals surface area (Å²) in [5, 5.41) is 0. The summed E-state index contributed by atoms with van der Waals surface area (Å²) in [7, 11) is 0. The Hall–Kier alpha value is -2.23. The van der Waals surface area contributed by atoms with Gasteiger partial charge in [-0.15, -0.1) is 0 Å². The second-order valence-corrected chi connectivity index (χ2v) is 4.23. The fraction of sp³-hybridized carbons (Fsp3) is 0.200. The molecule has 19 heavy (non-hydrogen) atoms. The molecular formula is C15H15FN2O. The third kappa shape index (κ3) is 2.96. The van der Waals surface area contributed by atoms with Gasteiger partial charge in [0.25, 0.3) is 5.91 Å². The molecule has 0 atom stereocenters. The predicted octanol–water partition coefficient (Wildman–Crippen LogP) is 3.20. The van der Waals surface area contributed by atoms with Gasteiger partial charge in [0.2, 0.25) is 5.95 Å². The van der Waals surface area contributed by atoms with Gasteiger partial charge in [0, 0.05) is 12.2 Å². The van der Waals surface area contributed by atoms with Gasteiger partial charge in [0.1, 0.15) is 5.69 Å². The van der Waals surface area contributed by atoms with E-state index in [1.165, 1.54) is 18.2 Å². The van der Waals surface area contributed by atoms with Gasteiger partial charge in [-0.05, 0) is 38.1 Å². The Labute approximate surface area is 111 Å². The Bertz CT molecular complexity index is 581. The Morgan fingerprint density at radius 2 is 1.89 bits per heavy atom. The summed E-state index contributed by atoms with van der Waals surface area (Å²) in [6, 6.07) is 11.8. The van der Waals surface area contributed by atoms with Crippen LogP contribution in [0.1, 0.15) is 23.0 Å². The van der Waals surface area contributed by atoms with Gasteiger partial charge in [0.05, 0.1) is 0 Å². The molecule has 4 heteroatoms. The summed E-state index contributed by atoms with van der Waals surface area (Å²) in [5.41, 5.74) is 2.02. The van der Waals surface area contributed by atoms with Crippen molar-refractivity contribution in [2.45, 2.75) is 13.8 Å². The van der Waals surface area contributed by atoms with Gasteiger partial charge >= 0.3 is 0 Å². The Morgan fingerprint density at radius 3 is 2.47 bits per heavy atom. The van der Waals surface area contributed by atoms with Crippen LogP contribution in [0, 0.1) is 12.9 Å². The van der Waals surface area contributed by atoms with Crippen LogP contribution in [0.5, 0.6) is 0 Å². The van der Waals surface area contributed by atoms with Crippen LogP contribution < -0.4 is 4.90 Å². The fourth-order valence-electron chi connectivity index (χ4n) is 1.83. The first kappa shape index (κ1) is 13.2. The van der Waals surface area contributed by atoms with E-state index in [0.29, 0.717) is 6.54 Å². The average Bonchev–Trinajstić information content (AvgIpc) is 2.41. The highest BCUT2D eigenvalue weighted by Crippen LogP contribution is 2.17. The molecule has 0 radical (unpaired) electrons. The van der Waals surface area contributed by atoms with E-state index in [-0.39, 0.29) is 11.6 Å². The van der Waals surface area contributed by atoms with E-state index < -0.39 is 5.95 Å². The molecule has 2 rings (SSSR count). The molecule has 0 fully saturated rings. The van der Waals surface area contributed by atoms with Crippen molar-refractivity contribution in [3.63, 3.8) is 0 Å². The molecule has 0 aliphatic heterocycles. The number of aromatic nitrogens is 1. The standard InChI is InChI=1S/C15H15FN2O/c1-3-18(12-9-7-11(2)8-10-12)15(19)13-5-4-6-14(16)17-13/h4-10H,3H2,1-2H3. The summed E-state index contributed by atoms with van der Waals surface area (Å²) < 4.78 is 13.1. The summed E-state index contributed by atoms with van der Waals surface area (Å²) in [5.74, 6) is -0.948. The topological polar surface area (TPSA) is 33.2 Å². The van der Waals surface area contributed by atoms with E-state index in [4.69, 9.17) is 0 Å². The van der Waals surface area contributed by atoms with Gasteiger partial charge < -0.3 is 4.90 Å². The summed E-state index contributed by atoms with van der Waals surface area (Å²) >= 11 is 0. The molecule has 0 aliphatic rings. The Morgan fingerprint density at radius 1 is 1.21 bits per heavy atom. The zero-order valence-electron chi connectivity index (χ0n) is 10.9. The Balaban J connectivity index is 2.31. The van der Waals surface area contributed by atoms with Gasteiger partial charge in [-0.2, -0.15) is 4.39 Å². The van der Waals surface area contributed by atoms with Gasteiger partial charge in [-0.1, -0.05) is 23.8 Å². The lowest BCUT2D eigenvalue weighted by Crippen LogP contribution is -2.31. The molecule has 0 aliphatic carbocycles. The number of pyridine rings is 1. The van der Waals surface area contributed by atoms with Crippen LogP contribution in [0.15, 0.2) is 42.5 Å². The molecular weight excluding hydrogens is 243 g/mol. The maximum Gasteiger partial charge on any atom is 0.276 e. The van der Waals surface area contributed by atoms with E-state index in [2.05, 4.69) is 4.98 Å². The number of anilines is 1. The number of carbonyl (C=O) groups is 1. The quantitative estimate of drug-likeness (QED) is 0.792. The molecule has 1 aromatic carbocycles. The first-order chi connectivity index (χ1) is 9.11. The molecule has 3 nitrogen and oxygen atoms in total. The third-order valence-electron chi connectivity index (χ3n) is 2.84. The predicted molar refractivity (Wildman–Crippen MR) is 72.7 cm³/mol. The highest BCUT2D eigenvalue weighted by Gasteiger charge is 2.17. The first-order valence-electron chi connectivity index (χ1n) is 6.13. The van der Waals surface area contributed by atoms with Crippen LogP contribution in [0.25, 0.3) is 0 Å². The number of aryl methyl sites for hydroxylation is 1. The van der Waals surface area contributed by atoms with Crippen molar-refractivity contribution < 1.29 is 9.18 Å². The van der Waals surface area contributed by atoms with Gasteiger partial charge in [0.15, 0.2) is 0 Å². The minimum Gasteiger partial charge on any atom is -0.307 e. The number of nitrogens with zero attached hydrogens (tertiary/aromatic N) is 2. The lowest BCUT2D eigenvalue weighted by atomic mass is 10.2. The lowest BCUT2D eigenvalue weighted by Gasteiger charge is -2.20. The van der Waals surface area contributed by atoms with Crippen molar-refractivity contribution in [1.82, 2.24) is 4.98 Å². The smallest absolute Gasteiger partial charge is 0.276 e. The minimum absolute atomic E-state index is 0.113. The van der Waals surface area contributed by atoms with Crippen LogP contribution in [0.2, 0.25) is 0 Å². The van der Waals surface area contributed by atoms with Crippen LogP contribution in [-0.4, -0.2) is 17.4 Å². The van der Waals surface area contributed by atoms with Crippen LogP contribution in [0.3, 0.4) is 0 Å². The van der Waals surface area contributed by atoms with Crippen LogP contribution in [-0.2, 0) is 0 Å². The maximum atomic E-state index is 13.1. The largest absolute Gasteiger partial charge is 0.307 e. The summed E-state index contributed by atoms with van der Waals surface area (Å²) in [4.78, 5) is 17.5. The maximum absolute atomic E-state index is 13.1. The second kappa shape index (κ2) is 5.61. The normalized spacial score (nSPS) is 10.3. The van der Waals surface area contributed by atoms with Crippen LogP contribution >= 0.6 is 0 Å². The van der Waals surface area contributed by atoms with E-state index in [1.54, 1.807) is 4.90 Å². The molecule has 1 heterocycles. The summed E-state index contributed by atoms with van der Waals surface area (Å²) in [6.45, 7) is 4.35. The average molecular weight is 258 g/mol. The van der Waals surface area contributed by atoms with Crippen molar-refractivity contribution in [3.05, 3.63) is 59.7 Å². The number of hydrogen-bond acceptors (Lipinski definition) is 2. The number of benzene rings is 1. The highest BCUT2D eigenvalue weighted by atomic mass is 19.1. The third-order valence-corrected chi connectivity index (χ3v) is 2.84. The molecule has 1 amide bonds. The van der Waals surface area contributed by atoms with Crippen molar-refractivity contribution in [3.8, 4) is 0 Å².